The van der Waals surface area contributed by atoms with Crippen LogP contribution in [0.3, 0.4) is 0 Å². The number of fused-ring (bicyclic) bond motifs is 1. The lowest BCUT2D eigenvalue weighted by Gasteiger charge is -2.19. The maximum absolute atomic E-state index is 11.3. The second-order valence-corrected chi connectivity index (χ2v) is 5.41. The Bertz CT molecular complexity index is 392. The van der Waals surface area contributed by atoms with Crippen LogP contribution in [-0.4, -0.2) is 17.8 Å². The summed E-state index contributed by atoms with van der Waals surface area (Å²) < 4.78 is 4.79. The number of benzene rings is 1. The van der Waals surface area contributed by atoms with E-state index >= 15 is 0 Å². The highest BCUT2D eigenvalue weighted by Crippen LogP contribution is 2.37. The monoisotopic (exact) mass is 242 g/mol. The average molecular weight is 243 g/mol. The molecule has 0 saturated carbocycles. The molecule has 0 N–H and O–H groups in total. The molecule has 2 nitrogen and oxygen atoms in total. The van der Waals surface area contributed by atoms with Crippen molar-refractivity contribution in [2.24, 2.45) is 0 Å². The summed E-state index contributed by atoms with van der Waals surface area (Å²) in [5, 5.41) is 0. The number of halogens is 1. The number of hydrogen-bond acceptors (Lipinski definition) is 3. The van der Waals surface area contributed by atoms with Gasteiger partial charge in [-0.05, 0) is 30.5 Å². The molecule has 0 aliphatic carbocycles. The van der Waals surface area contributed by atoms with E-state index in [0.717, 1.165) is 17.7 Å². The van der Waals surface area contributed by atoms with Crippen LogP contribution in [0.15, 0.2) is 23.1 Å². The largest absolute Gasteiger partial charge is 0.465 e. The van der Waals surface area contributed by atoms with Crippen LogP contribution in [0.5, 0.6) is 0 Å². The van der Waals surface area contributed by atoms with Crippen LogP contribution in [0.1, 0.15) is 22.3 Å². The first kappa shape index (κ1) is 10.8. The van der Waals surface area contributed by atoms with Gasteiger partial charge in [-0.2, -0.15) is 0 Å². The van der Waals surface area contributed by atoms with Crippen molar-refractivity contribution in [3.63, 3.8) is 0 Å². The molecule has 1 heterocycles. The Labute approximate surface area is 98.0 Å². The van der Waals surface area contributed by atoms with E-state index in [0.29, 0.717) is 5.56 Å². The van der Waals surface area contributed by atoms with Gasteiger partial charge in [-0.15, -0.1) is 23.4 Å². The molecule has 1 atom stereocenters. The number of rotatable bonds is 1. The standard InChI is InChI=1S/C11H11ClO2S/c1-14-11(13)8-3-2-7-4-5-10(12)15-9(7)6-8/h2-3,6,10H,4-5H2,1H3. The minimum absolute atomic E-state index is 0.116. The van der Waals surface area contributed by atoms with E-state index in [-0.39, 0.29) is 10.7 Å². The molecule has 0 radical (unpaired) electrons. The Hall–Kier alpha value is -0.670. The van der Waals surface area contributed by atoms with Crippen molar-refractivity contribution in [1.29, 1.82) is 0 Å². The molecule has 0 bridgehead atoms. The maximum Gasteiger partial charge on any atom is 0.337 e. The summed E-state index contributed by atoms with van der Waals surface area (Å²) >= 11 is 7.67. The molecule has 80 valence electrons. The highest BCUT2D eigenvalue weighted by Gasteiger charge is 2.18. The first-order valence-corrected chi connectivity index (χ1v) is 6.04. The van der Waals surface area contributed by atoms with Gasteiger partial charge in [0.2, 0.25) is 0 Å². The van der Waals surface area contributed by atoms with Gasteiger partial charge < -0.3 is 4.74 Å². The molecule has 4 heteroatoms. The number of ether oxygens (including phenoxy) is 1. The number of esters is 1. The van der Waals surface area contributed by atoms with Crippen molar-refractivity contribution in [3.8, 4) is 0 Å². The van der Waals surface area contributed by atoms with Crippen LogP contribution in [0.25, 0.3) is 0 Å². The van der Waals surface area contributed by atoms with Crippen LogP contribution < -0.4 is 0 Å². The molecule has 15 heavy (non-hydrogen) atoms. The SMILES string of the molecule is COC(=O)c1ccc2c(c1)SC(Cl)CC2. The van der Waals surface area contributed by atoms with E-state index in [4.69, 9.17) is 11.6 Å². The number of carbonyl (C=O) groups excluding carboxylic acids is 1. The first-order chi connectivity index (χ1) is 7.20. The molecule has 1 aromatic rings. The molecule has 0 spiro atoms. The van der Waals surface area contributed by atoms with Crippen LogP contribution in [0.4, 0.5) is 0 Å². The van der Waals surface area contributed by atoms with Crippen LogP contribution in [-0.2, 0) is 11.2 Å². The lowest BCUT2D eigenvalue weighted by molar-refractivity contribution is 0.0600. The zero-order valence-corrected chi connectivity index (χ0v) is 9.90. The van der Waals surface area contributed by atoms with Crippen LogP contribution >= 0.6 is 23.4 Å². The fourth-order valence-corrected chi connectivity index (χ4v) is 3.01. The quantitative estimate of drug-likeness (QED) is 0.559. The van der Waals surface area contributed by atoms with Gasteiger partial charge >= 0.3 is 5.97 Å². The molecule has 1 aliphatic rings. The predicted octanol–water partition coefficient (Wildman–Crippen LogP) is 3.08. The van der Waals surface area contributed by atoms with Gasteiger partial charge in [0.1, 0.15) is 0 Å². The van der Waals surface area contributed by atoms with Gasteiger partial charge in [-0.1, -0.05) is 6.07 Å². The van der Waals surface area contributed by atoms with Crippen LogP contribution in [0.2, 0.25) is 0 Å². The Balaban J connectivity index is 2.32. The molecule has 1 unspecified atom stereocenters. The third-order valence-electron chi connectivity index (χ3n) is 2.38. The fourth-order valence-electron chi connectivity index (χ4n) is 1.58. The summed E-state index contributed by atoms with van der Waals surface area (Å²) in [5.41, 5.74) is 1.86. The smallest absolute Gasteiger partial charge is 0.337 e. The summed E-state index contributed by atoms with van der Waals surface area (Å²) in [6.45, 7) is 0. The van der Waals surface area contributed by atoms with Gasteiger partial charge in [0.15, 0.2) is 0 Å². The third-order valence-corrected chi connectivity index (χ3v) is 3.99. The first-order valence-electron chi connectivity index (χ1n) is 4.72. The molecule has 0 amide bonds. The lowest BCUT2D eigenvalue weighted by Crippen LogP contribution is -2.07. The van der Waals surface area contributed by atoms with E-state index in [1.54, 1.807) is 17.8 Å². The normalized spacial score (nSPS) is 19.5. The number of hydrogen-bond donors (Lipinski definition) is 0. The van der Waals surface area contributed by atoms with Crippen molar-refractivity contribution in [1.82, 2.24) is 0 Å². The van der Waals surface area contributed by atoms with Crippen molar-refractivity contribution < 1.29 is 9.53 Å². The van der Waals surface area contributed by atoms with Crippen molar-refractivity contribution >= 4 is 29.3 Å². The zero-order valence-electron chi connectivity index (χ0n) is 8.33. The van der Waals surface area contributed by atoms with Crippen molar-refractivity contribution in [2.45, 2.75) is 22.4 Å². The molecule has 1 aromatic carbocycles. The molecule has 0 saturated heterocycles. The molecular weight excluding hydrogens is 232 g/mol. The maximum atomic E-state index is 11.3. The second-order valence-electron chi connectivity index (χ2n) is 3.38. The van der Waals surface area contributed by atoms with Gasteiger partial charge in [0, 0.05) is 4.90 Å². The van der Waals surface area contributed by atoms with E-state index in [9.17, 15) is 4.79 Å². The molecule has 0 aromatic heterocycles. The third kappa shape index (κ3) is 2.29. The number of alkyl halides is 1. The second kappa shape index (κ2) is 4.45. The molecular formula is C11H11ClO2S. The summed E-state index contributed by atoms with van der Waals surface area (Å²) in [4.78, 5) is 12.4. The van der Waals surface area contributed by atoms with Gasteiger partial charge in [-0.25, -0.2) is 4.79 Å². The fraction of sp³-hybridized carbons (Fsp3) is 0.364. The van der Waals surface area contributed by atoms with Crippen molar-refractivity contribution in [3.05, 3.63) is 29.3 Å². The Kier molecular flexibility index (Phi) is 3.22. The zero-order chi connectivity index (χ0) is 10.8. The summed E-state index contributed by atoms with van der Waals surface area (Å²) in [7, 11) is 1.39. The van der Waals surface area contributed by atoms with E-state index in [1.165, 1.54) is 12.7 Å². The number of methoxy groups -OCH3 is 1. The minimum Gasteiger partial charge on any atom is -0.465 e. The van der Waals surface area contributed by atoms with Crippen molar-refractivity contribution in [2.75, 3.05) is 7.11 Å². The minimum atomic E-state index is -0.296. The summed E-state index contributed by atoms with van der Waals surface area (Å²) in [6, 6.07) is 5.65. The Morgan fingerprint density at radius 3 is 3.13 bits per heavy atom. The predicted molar refractivity (Wildman–Crippen MR) is 61.6 cm³/mol. The van der Waals surface area contributed by atoms with E-state index in [2.05, 4.69) is 4.74 Å². The number of thioether (sulfide) groups is 1. The van der Waals surface area contributed by atoms with Gasteiger partial charge in [-0.3, -0.25) is 0 Å². The van der Waals surface area contributed by atoms with Crippen LogP contribution in [0, 0.1) is 0 Å². The number of carbonyl (C=O) groups is 1. The van der Waals surface area contributed by atoms with E-state index < -0.39 is 0 Å². The number of aryl methyl sites for hydroxylation is 1. The molecule has 1 aliphatic heterocycles. The summed E-state index contributed by atoms with van der Waals surface area (Å²) in [6.07, 6.45) is 1.97. The Morgan fingerprint density at radius 1 is 1.60 bits per heavy atom. The van der Waals surface area contributed by atoms with Gasteiger partial charge in [0.05, 0.1) is 17.4 Å². The highest BCUT2D eigenvalue weighted by molar-refractivity contribution is 8.01. The topological polar surface area (TPSA) is 26.3 Å². The average Bonchev–Trinajstić information content (AvgIpc) is 2.27. The van der Waals surface area contributed by atoms with Gasteiger partial charge in [0.25, 0.3) is 0 Å². The summed E-state index contributed by atoms with van der Waals surface area (Å²) in [5.74, 6) is -0.296. The molecule has 0 fully saturated rings. The highest BCUT2D eigenvalue weighted by atomic mass is 35.5. The van der Waals surface area contributed by atoms with E-state index in [1.807, 2.05) is 12.1 Å². The Morgan fingerprint density at radius 2 is 2.40 bits per heavy atom. The molecule has 2 rings (SSSR count). The lowest BCUT2D eigenvalue weighted by atomic mass is 10.1.